The number of alkyl carbamates (subject to hydrolysis) is 1. The molecule has 2 unspecified atom stereocenters. The van der Waals surface area contributed by atoms with E-state index >= 15 is 0 Å². The zero-order chi connectivity index (χ0) is 24.9. The Labute approximate surface area is 200 Å². The summed E-state index contributed by atoms with van der Waals surface area (Å²) in [4.78, 5) is 37.3. The number of carbonyl (C=O) groups is 3. The molecule has 3 rings (SSSR count). The number of fused-ring (bicyclic) bond motifs is 3. The summed E-state index contributed by atoms with van der Waals surface area (Å²) in [6.07, 6.45) is 0.554. The topological polar surface area (TPSA) is 105 Å². The van der Waals surface area contributed by atoms with Crippen LogP contribution in [0.2, 0.25) is 0 Å². The summed E-state index contributed by atoms with van der Waals surface area (Å²) in [5, 5.41) is 14.7. The van der Waals surface area contributed by atoms with Gasteiger partial charge >= 0.3 is 12.1 Å². The first-order valence-corrected chi connectivity index (χ1v) is 11.8. The Morgan fingerprint density at radius 1 is 1.00 bits per heavy atom. The molecule has 1 aliphatic rings. The summed E-state index contributed by atoms with van der Waals surface area (Å²) in [6.45, 7) is 7.46. The van der Waals surface area contributed by atoms with E-state index in [0.717, 1.165) is 22.3 Å². The van der Waals surface area contributed by atoms with Crippen molar-refractivity contribution < 1.29 is 24.2 Å². The molecule has 7 heteroatoms. The minimum absolute atomic E-state index is 0.0905. The van der Waals surface area contributed by atoms with Gasteiger partial charge in [-0.3, -0.25) is 4.79 Å². The van der Waals surface area contributed by atoms with Crippen LogP contribution in [-0.2, 0) is 14.3 Å². The van der Waals surface area contributed by atoms with E-state index in [0.29, 0.717) is 18.8 Å². The quantitative estimate of drug-likeness (QED) is 0.471. The van der Waals surface area contributed by atoms with Crippen LogP contribution in [0.3, 0.4) is 0 Å². The molecule has 0 bridgehead atoms. The highest BCUT2D eigenvalue weighted by atomic mass is 16.5. The molecule has 0 aliphatic heterocycles. The Bertz CT molecular complexity index is 1010. The molecule has 2 aromatic rings. The predicted molar refractivity (Wildman–Crippen MR) is 131 cm³/mol. The third kappa shape index (κ3) is 5.58. The SMILES string of the molecule is CCC(C)(NC(=O)OCC1c2ccccc2-c2ccccc21)C(=O)NC(CCC(C)C)C(=O)O. The maximum absolute atomic E-state index is 12.9. The van der Waals surface area contributed by atoms with Gasteiger partial charge in [0.2, 0.25) is 5.91 Å². The first-order chi connectivity index (χ1) is 16.2. The third-order valence-corrected chi connectivity index (χ3v) is 6.57. The molecule has 0 saturated heterocycles. The van der Waals surface area contributed by atoms with Gasteiger partial charge in [-0.05, 0) is 54.4 Å². The number of amides is 2. The number of benzene rings is 2. The van der Waals surface area contributed by atoms with E-state index in [2.05, 4.69) is 22.8 Å². The first-order valence-electron chi connectivity index (χ1n) is 11.8. The van der Waals surface area contributed by atoms with Crippen LogP contribution in [0.25, 0.3) is 11.1 Å². The zero-order valence-corrected chi connectivity index (χ0v) is 20.3. The molecule has 7 nitrogen and oxygen atoms in total. The summed E-state index contributed by atoms with van der Waals surface area (Å²) >= 11 is 0. The van der Waals surface area contributed by atoms with E-state index in [4.69, 9.17) is 4.74 Å². The highest BCUT2D eigenvalue weighted by Gasteiger charge is 2.37. The van der Waals surface area contributed by atoms with E-state index in [1.165, 1.54) is 0 Å². The van der Waals surface area contributed by atoms with E-state index in [9.17, 15) is 19.5 Å². The largest absolute Gasteiger partial charge is 0.480 e. The lowest BCUT2D eigenvalue weighted by Crippen LogP contribution is -2.59. The number of carbonyl (C=O) groups excluding carboxylic acids is 2. The van der Waals surface area contributed by atoms with Crippen molar-refractivity contribution in [2.24, 2.45) is 5.92 Å². The summed E-state index contributed by atoms with van der Waals surface area (Å²) in [7, 11) is 0. The van der Waals surface area contributed by atoms with Gasteiger partial charge in [-0.1, -0.05) is 69.3 Å². The maximum Gasteiger partial charge on any atom is 0.408 e. The number of nitrogens with one attached hydrogen (secondary N) is 2. The molecule has 0 heterocycles. The number of hydrogen-bond donors (Lipinski definition) is 3. The number of aliphatic carboxylic acids is 1. The van der Waals surface area contributed by atoms with Crippen molar-refractivity contribution >= 4 is 18.0 Å². The van der Waals surface area contributed by atoms with Gasteiger partial charge in [0.05, 0.1) is 0 Å². The van der Waals surface area contributed by atoms with Gasteiger partial charge in [0.25, 0.3) is 0 Å². The Morgan fingerprint density at radius 2 is 1.56 bits per heavy atom. The second kappa shape index (κ2) is 10.7. The average Bonchev–Trinajstić information content (AvgIpc) is 3.13. The Balaban J connectivity index is 1.65. The van der Waals surface area contributed by atoms with Gasteiger partial charge < -0.3 is 20.5 Å². The minimum atomic E-state index is -1.30. The molecule has 0 fully saturated rings. The lowest BCUT2D eigenvalue weighted by atomic mass is 9.96. The predicted octanol–water partition coefficient (Wildman–Crippen LogP) is 4.70. The van der Waals surface area contributed by atoms with Crippen LogP contribution in [0.15, 0.2) is 48.5 Å². The Kier molecular flexibility index (Phi) is 7.97. The molecule has 3 N–H and O–H groups in total. The highest BCUT2D eigenvalue weighted by Crippen LogP contribution is 2.44. The normalized spacial score (nSPS) is 15.1. The fraction of sp³-hybridized carbons (Fsp3) is 0.444. The van der Waals surface area contributed by atoms with E-state index < -0.39 is 29.6 Å². The summed E-state index contributed by atoms with van der Waals surface area (Å²) in [5.74, 6) is -1.41. The lowest BCUT2D eigenvalue weighted by molar-refractivity contribution is -0.143. The summed E-state index contributed by atoms with van der Waals surface area (Å²) < 4.78 is 5.57. The number of carboxylic acids is 1. The van der Waals surface area contributed by atoms with Gasteiger partial charge in [0.1, 0.15) is 18.2 Å². The molecule has 34 heavy (non-hydrogen) atoms. The molecule has 1 aliphatic carbocycles. The van der Waals surface area contributed by atoms with Gasteiger partial charge in [-0.2, -0.15) is 0 Å². The minimum Gasteiger partial charge on any atom is -0.480 e. The van der Waals surface area contributed by atoms with Gasteiger partial charge in [-0.15, -0.1) is 0 Å². The van der Waals surface area contributed by atoms with Crippen molar-refractivity contribution in [1.29, 1.82) is 0 Å². The van der Waals surface area contributed by atoms with Crippen molar-refractivity contribution in [1.82, 2.24) is 10.6 Å². The summed E-state index contributed by atoms with van der Waals surface area (Å²) in [6, 6.07) is 15.1. The number of hydrogen-bond acceptors (Lipinski definition) is 4. The molecule has 0 spiro atoms. The van der Waals surface area contributed by atoms with Crippen molar-refractivity contribution in [3.63, 3.8) is 0 Å². The number of carboxylic acid groups (broad SMARTS) is 1. The smallest absolute Gasteiger partial charge is 0.408 e. The van der Waals surface area contributed by atoms with Crippen LogP contribution < -0.4 is 10.6 Å². The Morgan fingerprint density at radius 3 is 2.06 bits per heavy atom. The first kappa shape index (κ1) is 25.3. The highest BCUT2D eigenvalue weighted by molar-refractivity contribution is 5.92. The van der Waals surface area contributed by atoms with E-state index in [1.807, 2.05) is 50.2 Å². The molecule has 182 valence electrons. The maximum atomic E-state index is 12.9. The average molecular weight is 467 g/mol. The number of rotatable bonds is 10. The fourth-order valence-electron chi connectivity index (χ4n) is 4.24. The van der Waals surface area contributed by atoms with Crippen molar-refractivity contribution in [3.8, 4) is 11.1 Å². The fourth-order valence-corrected chi connectivity index (χ4v) is 4.24. The lowest BCUT2D eigenvalue weighted by Gasteiger charge is -2.30. The second-order valence-electron chi connectivity index (χ2n) is 9.47. The molecule has 2 amide bonds. The van der Waals surface area contributed by atoms with Crippen molar-refractivity contribution in [2.45, 2.75) is 64.5 Å². The molecular formula is C27H34N2O5. The summed E-state index contributed by atoms with van der Waals surface area (Å²) in [5.41, 5.74) is 3.16. The van der Waals surface area contributed by atoms with Crippen molar-refractivity contribution in [2.75, 3.05) is 6.61 Å². The van der Waals surface area contributed by atoms with E-state index in [1.54, 1.807) is 13.8 Å². The van der Waals surface area contributed by atoms with Gasteiger partial charge in [-0.25, -0.2) is 9.59 Å². The van der Waals surface area contributed by atoms with Crippen molar-refractivity contribution in [3.05, 3.63) is 59.7 Å². The zero-order valence-electron chi connectivity index (χ0n) is 20.3. The van der Waals surface area contributed by atoms with E-state index in [-0.39, 0.29) is 18.9 Å². The van der Waals surface area contributed by atoms with Gasteiger partial charge in [0.15, 0.2) is 0 Å². The van der Waals surface area contributed by atoms with Gasteiger partial charge in [0, 0.05) is 5.92 Å². The molecule has 0 saturated carbocycles. The molecule has 0 aromatic heterocycles. The number of ether oxygens (including phenoxy) is 1. The van der Waals surface area contributed by atoms with Crippen LogP contribution in [0, 0.1) is 5.92 Å². The van der Waals surface area contributed by atoms with Crippen LogP contribution >= 0.6 is 0 Å². The standard InChI is InChI=1S/C27H34N2O5/c1-5-27(4,25(32)28-23(24(30)31)15-14-17(2)3)29-26(33)34-16-22-20-12-8-6-10-18(20)19-11-7-9-13-21(19)22/h6-13,17,22-23H,5,14-16H2,1-4H3,(H,28,32)(H,29,33)(H,30,31). The monoisotopic (exact) mass is 466 g/mol. The molecular weight excluding hydrogens is 432 g/mol. The molecule has 0 radical (unpaired) electrons. The van der Waals surface area contributed by atoms with Crippen LogP contribution in [0.4, 0.5) is 4.79 Å². The molecule has 2 atom stereocenters. The molecule has 2 aromatic carbocycles. The third-order valence-electron chi connectivity index (χ3n) is 6.57. The second-order valence-corrected chi connectivity index (χ2v) is 9.47. The van der Waals surface area contributed by atoms with Crippen LogP contribution in [0.5, 0.6) is 0 Å². The van der Waals surface area contributed by atoms with Crippen LogP contribution in [-0.4, -0.2) is 41.3 Å². The Hall–Kier alpha value is -3.35. The van der Waals surface area contributed by atoms with Crippen LogP contribution in [0.1, 0.15) is 64.0 Å².